The topological polar surface area (TPSA) is 171 Å². The lowest BCUT2D eigenvalue weighted by Gasteiger charge is -2.48. The Morgan fingerprint density at radius 3 is 2.04 bits per heavy atom. The van der Waals surface area contributed by atoms with Gasteiger partial charge < -0.3 is 26.2 Å². The summed E-state index contributed by atoms with van der Waals surface area (Å²) in [6, 6.07) is -2.58. The molecule has 2 saturated carbocycles. The van der Waals surface area contributed by atoms with Gasteiger partial charge >= 0.3 is 6.03 Å². The number of carbonyl (C=O) groups excluding carboxylic acids is 5. The second-order valence-electron chi connectivity index (χ2n) is 16.6. The number of amides is 5. The number of hydrogen-bond donors (Lipinski definition) is 4. The Morgan fingerprint density at radius 1 is 0.935 bits per heavy atom. The van der Waals surface area contributed by atoms with Gasteiger partial charge in [0.25, 0.3) is 5.91 Å². The summed E-state index contributed by atoms with van der Waals surface area (Å²) in [7, 11) is -3.56. The molecule has 4 N–H and O–H groups in total. The molecule has 0 bridgehead atoms. The highest BCUT2D eigenvalue weighted by atomic mass is 32.2. The lowest BCUT2D eigenvalue weighted by molar-refractivity contribution is -0.150. The van der Waals surface area contributed by atoms with Crippen LogP contribution < -0.4 is 21.3 Å². The van der Waals surface area contributed by atoms with Crippen molar-refractivity contribution in [3.05, 3.63) is 0 Å². The molecular formula is C33H57N5O7S. The number of Topliss-reactive ketones (excluding diaryl/α,β-unsaturated/α-hetero) is 1. The number of hydrogen-bond acceptors (Lipinski definition) is 7. The highest BCUT2D eigenvalue weighted by Gasteiger charge is 2.48. The van der Waals surface area contributed by atoms with Gasteiger partial charge in [0.2, 0.25) is 17.6 Å². The van der Waals surface area contributed by atoms with Gasteiger partial charge in [-0.3, -0.25) is 19.2 Å². The number of sulfone groups is 1. The molecule has 1 heterocycles. The molecule has 5 amide bonds. The first-order chi connectivity index (χ1) is 21.0. The molecule has 3 rings (SSSR count). The third kappa shape index (κ3) is 9.44. The van der Waals surface area contributed by atoms with Gasteiger partial charge in [0.15, 0.2) is 9.84 Å². The van der Waals surface area contributed by atoms with Gasteiger partial charge in [-0.05, 0) is 69.6 Å². The van der Waals surface area contributed by atoms with Gasteiger partial charge in [0, 0.05) is 12.6 Å². The fourth-order valence-electron chi connectivity index (χ4n) is 6.15. The molecule has 12 nitrogen and oxygen atoms in total. The molecule has 13 heteroatoms. The average Bonchev–Trinajstić information content (AvgIpc) is 3.73. The van der Waals surface area contributed by atoms with Crippen LogP contribution in [0.15, 0.2) is 0 Å². The number of nitrogens with zero attached hydrogens (tertiary/aromatic N) is 1. The molecule has 0 aromatic heterocycles. The maximum Gasteiger partial charge on any atom is 0.315 e. The summed E-state index contributed by atoms with van der Waals surface area (Å²) in [6.45, 7) is 16.2. The Labute approximate surface area is 275 Å². The van der Waals surface area contributed by atoms with Gasteiger partial charge in [-0.2, -0.15) is 0 Å². The SMILES string of the molecule is CC1CN(C(=O)[C@@H](NC(=O)NC2(CS(=O)(=O)C(C)(C)C)CCCCC2)C(C)(C)C)[C@H](C(=O)NCC(=O)C(=O)NC2CC2)CC1(C)C. The van der Waals surface area contributed by atoms with Crippen LogP contribution >= 0.6 is 0 Å². The van der Waals surface area contributed by atoms with Crippen molar-refractivity contribution in [1.82, 2.24) is 26.2 Å². The lowest BCUT2D eigenvalue weighted by atomic mass is 9.71. The Kier molecular flexibility index (Phi) is 11.3. The largest absolute Gasteiger partial charge is 0.347 e. The quantitative estimate of drug-likeness (QED) is 0.260. The van der Waals surface area contributed by atoms with Crippen molar-refractivity contribution in [2.45, 2.75) is 142 Å². The van der Waals surface area contributed by atoms with E-state index >= 15 is 0 Å². The molecule has 0 spiro atoms. The van der Waals surface area contributed by atoms with Gasteiger partial charge in [-0.1, -0.05) is 60.8 Å². The minimum Gasteiger partial charge on any atom is -0.347 e. The monoisotopic (exact) mass is 667 g/mol. The molecule has 3 aliphatic rings. The summed E-state index contributed by atoms with van der Waals surface area (Å²) in [5.41, 5.74) is -2.02. The molecule has 1 aliphatic heterocycles. The van der Waals surface area contributed by atoms with Crippen LogP contribution in [-0.2, 0) is 29.0 Å². The van der Waals surface area contributed by atoms with Crippen LogP contribution in [0.2, 0.25) is 0 Å². The standard InChI is InChI=1S/C33H57N5O7S/c1-21-19-38(23(17-32(21,8)9)26(40)34-18-24(39)27(41)35-22-13-14-22)28(42)25(30(2,3)4)36-29(43)37-33(15-11-10-12-16-33)20-46(44,45)31(5,6)7/h21-23,25H,10-20H2,1-9H3,(H,34,40)(H,35,41)(H2,36,37,43)/t21?,23-,25+/m0/s1. The Bertz CT molecular complexity index is 1290. The van der Waals surface area contributed by atoms with E-state index in [1.807, 2.05) is 41.5 Å². The molecule has 3 fully saturated rings. The van der Waals surface area contributed by atoms with Gasteiger partial charge in [0.1, 0.15) is 12.1 Å². The maximum absolute atomic E-state index is 14.3. The van der Waals surface area contributed by atoms with Crippen molar-refractivity contribution < 1.29 is 32.4 Å². The zero-order chi connectivity index (χ0) is 34.9. The number of carbonyl (C=O) groups is 5. The Hall–Kier alpha value is -2.70. The van der Waals surface area contributed by atoms with Crippen LogP contribution in [0.25, 0.3) is 0 Å². The van der Waals surface area contributed by atoms with E-state index < -0.39 is 73.7 Å². The highest BCUT2D eigenvalue weighted by molar-refractivity contribution is 7.92. The van der Waals surface area contributed by atoms with Crippen molar-refractivity contribution >= 4 is 39.4 Å². The second kappa shape index (κ2) is 13.8. The van der Waals surface area contributed by atoms with Gasteiger partial charge in [-0.15, -0.1) is 0 Å². The van der Waals surface area contributed by atoms with Crippen molar-refractivity contribution in [3.63, 3.8) is 0 Å². The zero-order valence-corrected chi connectivity index (χ0v) is 30.1. The normalized spacial score (nSPS) is 23.9. The fourth-order valence-corrected chi connectivity index (χ4v) is 7.67. The summed E-state index contributed by atoms with van der Waals surface area (Å²) in [5, 5.41) is 11.0. The van der Waals surface area contributed by atoms with Crippen LogP contribution in [0.5, 0.6) is 0 Å². The molecule has 2 aliphatic carbocycles. The highest BCUT2D eigenvalue weighted by Crippen LogP contribution is 2.40. The van der Waals surface area contributed by atoms with Gasteiger partial charge in [-0.25, -0.2) is 13.2 Å². The number of rotatable bonds is 10. The van der Waals surface area contributed by atoms with E-state index in [1.165, 1.54) is 4.90 Å². The molecule has 1 unspecified atom stereocenters. The molecule has 0 aromatic rings. The average molecular weight is 668 g/mol. The third-order valence-corrected chi connectivity index (χ3v) is 12.9. The minimum atomic E-state index is -3.56. The zero-order valence-electron chi connectivity index (χ0n) is 29.3. The smallest absolute Gasteiger partial charge is 0.315 e. The third-order valence-electron chi connectivity index (χ3n) is 10.1. The Balaban J connectivity index is 1.81. The predicted molar refractivity (Wildman–Crippen MR) is 177 cm³/mol. The van der Waals surface area contributed by atoms with E-state index in [1.54, 1.807) is 20.8 Å². The van der Waals surface area contributed by atoms with Crippen molar-refractivity contribution in [1.29, 1.82) is 0 Å². The van der Waals surface area contributed by atoms with Crippen LogP contribution in [0.1, 0.15) is 114 Å². The number of ketones is 1. The van der Waals surface area contributed by atoms with Gasteiger partial charge in [0.05, 0.1) is 22.6 Å². The van der Waals surface area contributed by atoms with E-state index in [0.717, 1.165) is 32.1 Å². The first-order valence-corrected chi connectivity index (χ1v) is 18.4. The van der Waals surface area contributed by atoms with Crippen LogP contribution in [0.3, 0.4) is 0 Å². The van der Waals surface area contributed by atoms with E-state index in [4.69, 9.17) is 0 Å². The van der Waals surface area contributed by atoms with Crippen molar-refractivity contribution in [2.75, 3.05) is 18.8 Å². The number of piperidine rings is 1. The number of likely N-dealkylation sites (tertiary alicyclic amines) is 1. The van der Waals surface area contributed by atoms with E-state index in [2.05, 4.69) is 21.3 Å². The number of nitrogens with one attached hydrogen (secondary N) is 4. The molecule has 46 heavy (non-hydrogen) atoms. The minimum absolute atomic E-state index is 0.0100. The second-order valence-corrected chi connectivity index (χ2v) is 19.3. The van der Waals surface area contributed by atoms with Crippen molar-refractivity contribution in [3.8, 4) is 0 Å². The van der Waals surface area contributed by atoms with Crippen LogP contribution in [0, 0.1) is 16.7 Å². The summed E-state index contributed by atoms with van der Waals surface area (Å²) in [6.07, 6.45) is 5.53. The lowest BCUT2D eigenvalue weighted by Crippen LogP contribution is -2.66. The molecule has 262 valence electrons. The summed E-state index contributed by atoms with van der Waals surface area (Å²) >= 11 is 0. The number of urea groups is 1. The summed E-state index contributed by atoms with van der Waals surface area (Å²) in [4.78, 5) is 67.5. The summed E-state index contributed by atoms with van der Waals surface area (Å²) in [5.74, 6) is -2.63. The molecule has 1 saturated heterocycles. The first-order valence-electron chi connectivity index (χ1n) is 16.7. The molecular weight excluding hydrogens is 610 g/mol. The first kappa shape index (κ1) is 37.8. The Morgan fingerprint density at radius 2 is 1.52 bits per heavy atom. The fraction of sp³-hybridized carbons (Fsp3) is 0.848. The van der Waals surface area contributed by atoms with Crippen LogP contribution in [0.4, 0.5) is 4.79 Å². The summed E-state index contributed by atoms with van der Waals surface area (Å²) < 4.78 is 25.5. The molecule has 0 radical (unpaired) electrons. The predicted octanol–water partition coefficient (Wildman–Crippen LogP) is 2.84. The maximum atomic E-state index is 14.3. The molecule has 3 atom stereocenters. The van der Waals surface area contributed by atoms with E-state index in [-0.39, 0.29) is 29.7 Å². The van der Waals surface area contributed by atoms with Crippen LogP contribution in [-0.4, -0.2) is 90.1 Å². The molecule has 0 aromatic carbocycles. The van der Waals surface area contributed by atoms with E-state index in [9.17, 15) is 32.4 Å². The van der Waals surface area contributed by atoms with E-state index in [0.29, 0.717) is 19.3 Å². The van der Waals surface area contributed by atoms with Crippen molar-refractivity contribution in [2.24, 2.45) is 16.7 Å².